The van der Waals surface area contributed by atoms with E-state index in [2.05, 4.69) is 6.07 Å². The van der Waals surface area contributed by atoms with Crippen molar-refractivity contribution >= 4 is 16.6 Å². The van der Waals surface area contributed by atoms with Crippen molar-refractivity contribution < 1.29 is 9.90 Å². The Morgan fingerprint density at radius 1 is 1.05 bits per heavy atom. The molecular weight excluding hydrogens is 236 g/mol. The highest BCUT2D eigenvalue weighted by Gasteiger charge is 2.29. The second-order valence-corrected chi connectivity index (χ2v) is 5.37. The van der Waals surface area contributed by atoms with Gasteiger partial charge in [-0.15, -0.1) is 0 Å². The first-order valence-corrected chi connectivity index (χ1v) is 6.95. The van der Waals surface area contributed by atoms with E-state index >= 15 is 0 Å². The van der Waals surface area contributed by atoms with E-state index in [9.17, 15) is 9.90 Å². The lowest BCUT2D eigenvalue weighted by Gasteiger charge is -2.25. The van der Waals surface area contributed by atoms with Crippen molar-refractivity contribution in [2.75, 3.05) is 0 Å². The Labute approximate surface area is 113 Å². The predicted molar refractivity (Wildman–Crippen MR) is 75.9 cm³/mol. The van der Waals surface area contributed by atoms with E-state index in [1.807, 2.05) is 36.4 Å². The number of hydrogen-bond donors (Lipinski definition) is 1. The van der Waals surface area contributed by atoms with E-state index in [4.69, 9.17) is 0 Å². The summed E-state index contributed by atoms with van der Waals surface area (Å²) in [6.07, 6.45) is 2.79. The van der Waals surface area contributed by atoms with Gasteiger partial charge in [0.05, 0.1) is 6.10 Å². The van der Waals surface area contributed by atoms with Gasteiger partial charge in [0, 0.05) is 12.3 Å². The minimum atomic E-state index is -0.655. The number of hydrogen-bond acceptors (Lipinski definition) is 2. The maximum atomic E-state index is 11.9. The van der Waals surface area contributed by atoms with Gasteiger partial charge in [0.25, 0.3) is 0 Å². The molecule has 0 aromatic heterocycles. The van der Waals surface area contributed by atoms with E-state index < -0.39 is 6.10 Å². The number of carbonyl (C=O) groups is 1. The maximum Gasteiger partial charge on any atom is 0.138 e. The molecule has 19 heavy (non-hydrogen) atoms. The summed E-state index contributed by atoms with van der Waals surface area (Å²) >= 11 is 0. The summed E-state index contributed by atoms with van der Waals surface area (Å²) in [4.78, 5) is 11.9. The highest BCUT2D eigenvalue weighted by atomic mass is 16.3. The second-order valence-electron chi connectivity index (χ2n) is 5.37. The molecule has 1 fully saturated rings. The molecule has 0 aliphatic heterocycles. The van der Waals surface area contributed by atoms with E-state index in [1.54, 1.807) is 0 Å². The number of benzene rings is 2. The number of ketones is 1. The van der Waals surface area contributed by atoms with Gasteiger partial charge in [-0.25, -0.2) is 0 Å². The van der Waals surface area contributed by atoms with Gasteiger partial charge in [-0.05, 0) is 35.2 Å². The van der Waals surface area contributed by atoms with Crippen molar-refractivity contribution in [3.8, 4) is 0 Å². The standard InChI is InChI=1S/C17H18O2/c18-16-8-4-3-7-15(16)17(19)14-10-9-12-5-1-2-6-13(12)11-14/h1-2,5-6,9-11,15,17,19H,3-4,7-8H2/t15-,17+/m1/s1. The fraction of sp³-hybridized carbons (Fsp3) is 0.353. The quantitative estimate of drug-likeness (QED) is 0.888. The summed E-state index contributed by atoms with van der Waals surface area (Å²) in [7, 11) is 0. The topological polar surface area (TPSA) is 37.3 Å². The summed E-state index contributed by atoms with van der Waals surface area (Å²) in [5, 5.41) is 12.7. The number of carbonyl (C=O) groups excluding carboxylic acids is 1. The zero-order chi connectivity index (χ0) is 13.2. The molecule has 1 saturated carbocycles. The van der Waals surface area contributed by atoms with Crippen LogP contribution in [0.15, 0.2) is 42.5 Å². The summed E-state index contributed by atoms with van der Waals surface area (Å²) in [6, 6.07) is 14.0. The van der Waals surface area contributed by atoms with Gasteiger partial charge in [-0.1, -0.05) is 42.8 Å². The van der Waals surface area contributed by atoms with E-state index in [0.29, 0.717) is 6.42 Å². The molecule has 0 radical (unpaired) electrons. The first-order chi connectivity index (χ1) is 9.25. The zero-order valence-corrected chi connectivity index (χ0v) is 10.9. The van der Waals surface area contributed by atoms with Crippen LogP contribution in [0.3, 0.4) is 0 Å². The van der Waals surface area contributed by atoms with Gasteiger partial charge in [0.2, 0.25) is 0 Å². The van der Waals surface area contributed by atoms with Crippen LogP contribution in [0.25, 0.3) is 10.8 Å². The van der Waals surface area contributed by atoms with Crippen LogP contribution in [0.2, 0.25) is 0 Å². The molecule has 0 amide bonds. The molecule has 1 aliphatic carbocycles. The van der Waals surface area contributed by atoms with Crippen LogP contribution in [0.5, 0.6) is 0 Å². The van der Waals surface area contributed by atoms with Crippen molar-refractivity contribution in [1.82, 2.24) is 0 Å². The lowest BCUT2D eigenvalue weighted by molar-refractivity contribution is -0.128. The monoisotopic (exact) mass is 254 g/mol. The molecule has 2 heteroatoms. The van der Waals surface area contributed by atoms with Crippen molar-refractivity contribution in [2.45, 2.75) is 31.8 Å². The van der Waals surface area contributed by atoms with Crippen molar-refractivity contribution in [1.29, 1.82) is 0 Å². The Hall–Kier alpha value is -1.67. The van der Waals surface area contributed by atoms with Gasteiger partial charge in [0.1, 0.15) is 5.78 Å². The third-order valence-electron chi connectivity index (χ3n) is 4.10. The normalized spacial score (nSPS) is 21.5. The number of Topliss-reactive ketones (excluding diaryl/α,β-unsaturated/α-hetero) is 1. The minimum absolute atomic E-state index is 0.213. The third kappa shape index (κ3) is 2.41. The summed E-state index contributed by atoms with van der Waals surface area (Å²) in [5.74, 6) is 0.00169. The lowest BCUT2D eigenvalue weighted by Crippen LogP contribution is -2.25. The SMILES string of the molecule is O=C1CCCC[C@H]1[C@@H](O)c1ccc2ccccc2c1. The number of aliphatic hydroxyl groups excluding tert-OH is 1. The minimum Gasteiger partial charge on any atom is -0.388 e. The molecule has 0 saturated heterocycles. The van der Waals surface area contributed by atoms with Crippen LogP contribution >= 0.6 is 0 Å². The molecule has 0 heterocycles. The predicted octanol–water partition coefficient (Wildman–Crippen LogP) is 3.63. The Kier molecular flexibility index (Phi) is 3.34. The molecular formula is C17H18O2. The fourth-order valence-electron chi connectivity index (χ4n) is 2.97. The van der Waals surface area contributed by atoms with Crippen LogP contribution in [-0.4, -0.2) is 10.9 Å². The second kappa shape index (κ2) is 5.14. The molecule has 0 spiro atoms. The van der Waals surface area contributed by atoms with Crippen molar-refractivity contribution in [3.63, 3.8) is 0 Å². The molecule has 2 aromatic rings. The molecule has 0 bridgehead atoms. The molecule has 2 aromatic carbocycles. The van der Waals surface area contributed by atoms with E-state index in [-0.39, 0.29) is 11.7 Å². The maximum absolute atomic E-state index is 11.9. The highest BCUT2D eigenvalue weighted by Crippen LogP contribution is 2.33. The lowest BCUT2D eigenvalue weighted by atomic mass is 9.81. The van der Waals surface area contributed by atoms with Gasteiger partial charge < -0.3 is 5.11 Å². The molecule has 98 valence electrons. The van der Waals surface area contributed by atoms with Crippen molar-refractivity contribution in [2.24, 2.45) is 5.92 Å². The smallest absolute Gasteiger partial charge is 0.138 e. The molecule has 2 atom stereocenters. The first kappa shape index (κ1) is 12.4. The Bertz CT molecular complexity index is 603. The molecule has 1 N–H and O–H groups in total. The van der Waals surface area contributed by atoms with Gasteiger partial charge >= 0.3 is 0 Å². The third-order valence-corrected chi connectivity index (χ3v) is 4.10. The number of aliphatic hydroxyl groups is 1. The van der Waals surface area contributed by atoms with Crippen LogP contribution in [-0.2, 0) is 4.79 Å². The van der Waals surface area contributed by atoms with E-state index in [0.717, 1.165) is 35.6 Å². The van der Waals surface area contributed by atoms with Gasteiger partial charge in [0.15, 0.2) is 0 Å². The molecule has 0 unspecified atom stereocenters. The molecule has 1 aliphatic rings. The summed E-state index contributed by atoms with van der Waals surface area (Å²) in [5.41, 5.74) is 0.860. The number of rotatable bonds is 2. The van der Waals surface area contributed by atoms with Crippen molar-refractivity contribution in [3.05, 3.63) is 48.0 Å². The fourth-order valence-corrected chi connectivity index (χ4v) is 2.97. The highest BCUT2D eigenvalue weighted by molar-refractivity contribution is 5.84. The van der Waals surface area contributed by atoms with Crippen LogP contribution in [0, 0.1) is 5.92 Å². The van der Waals surface area contributed by atoms with Crippen LogP contribution in [0.4, 0.5) is 0 Å². The molecule has 2 nitrogen and oxygen atoms in total. The Morgan fingerprint density at radius 3 is 2.63 bits per heavy atom. The summed E-state index contributed by atoms with van der Waals surface area (Å²) in [6.45, 7) is 0. The Morgan fingerprint density at radius 2 is 1.84 bits per heavy atom. The van der Waals surface area contributed by atoms with Gasteiger partial charge in [-0.3, -0.25) is 4.79 Å². The number of fused-ring (bicyclic) bond motifs is 1. The van der Waals surface area contributed by atoms with Crippen LogP contribution in [0.1, 0.15) is 37.4 Å². The first-order valence-electron chi connectivity index (χ1n) is 6.95. The van der Waals surface area contributed by atoms with Crippen LogP contribution < -0.4 is 0 Å². The zero-order valence-electron chi connectivity index (χ0n) is 10.9. The molecule has 3 rings (SSSR count). The van der Waals surface area contributed by atoms with Gasteiger partial charge in [-0.2, -0.15) is 0 Å². The van der Waals surface area contributed by atoms with E-state index in [1.165, 1.54) is 0 Å². The largest absolute Gasteiger partial charge is 0.388 e. The average molecular weight is 254 g/mol. The Balaban J connectivity index is 1.92. The average Bonchev–Trinajstić information content (AvgIpc) is 2.46. The summed E-state index contributed by atoms with van der Waals surface area (Å²) < 4.78 is 0.